The van der Waals surface area contributed by atoms with E-state index >= 15 is 0 Å². The Labute approximate surface area is 183 Å². The molecule has 2 aromatic heterocycles. The topological polar surface area (TPSA) is 139 Å². The van der Waals surface area contributed by atoms with E-state index in [0.29, 0.717) is 17.8 Å². The number of nitro groups is 1. The molecule has 0 atom stereocenters. The molecule has 0 radical (unpaired) electrons. The van der Waals surface area contributed by atoms with E-state index in [1.54, 1.807) is 25.3 Å². The molecule has 3 rings (SSSR count). The molecule has 0 saturated heterocycles. The number of nitro benzene ring substituents is 1. The van der Waals surface area contributed by atoms with Crippen LogP contribution in [-0.2, 0) is 21.1 Å². The summed E-state index contributed by atoms with van der Waals surface area (Å²) in [5.41, 5.74) is 0.892. The van der Waals surface area contributed by atoms with Gasteiger partial charge in [-0.3, -0.25) is 14.9 Å². The molecule has 0 bridgehead atoms. The molecule has 32 heavy (non-hydrogen) atoms. The lowest BCUT2D eigenvalue weighted by atomic mass is 10.1. The largest absolute Gasteiger partial charge is 0.467 e. The molecule has 3 aromatic rings. The number of Topliss-reactive ketones (excluding diaryl/α,β-unsaturated/α-hetero) is 1. The van der Waals surface area contributed by atoms with Crippen LogP contribution in [0.2, 0.25) is 0 Å². The number of esters is 1. The molecular formula is C21H20N2O8S. The molecule has 0 amide bonds. The van der Waals surface area contributed by atoms with Crippen LogP contribution in [0, 0.1) is 24.0 Å². The van der Waals surface area contributed by atoms with Crippen LogP contribution in [0.5, 0.6) is 0 Å². The van der Waals surface area contributed by atoms with Gasteiger partial charge in [-0.2, -0.15) is 0 Å². The van der Waals surface area contributed by atoms with Gasteiger partial charge in [-0.1, -0.05) is 0 Å². The number of ether oxygens (including phenoxy) is 1. The van der Waals surface area contributed by atoms with Crippen molar-refractivity contribution >= 4 is 27.3 Å². The number of aromatic nitrogens is 1. The maximum absolute atomic E-state index is 12.6. The molecule has 0 fully saturated rings. The number of hydrogen-bond acceptors (Lipinski definition) is 8. The fraction of sp³-hybridized carbons (Fsp3) is 0.238. The first kappa shape index (κ1) is 22.9. The van der Waals surface area contributed by atoms with Crippen molar-refractivity contribution in [3.8, 4) is 0 Å². The Hall–Kier alpha value is -3.73. The molecule has 0 unspecified atom stereocenters. The summed E-state index contributed by atoms with van der Waals surface area (Å²) in [5.74, 6) is -0.707. The van der Waals surface area contributed by atoms with Gasteiger partial charge in [0.15, 0.2) is 16.4 Å². The standard InChI is InChI=1S/C21H20N2O8S/c1-13-9-17(14(2)22(13)11-16-5-4-8-30-16)19(24)12-31-21(25)15-6-7-20(32(3,28)29)18(10-15)23(26)27/h4-10H,11-12H2,1-3H3. The number of rotatable bonds is 8. The maximum atomic E-state index is 12.6. The highest BCUT2D eigenvalue weighted by Gasteiger charge is 2.25. The number of nitrogens with zero attached hydrogens (tertiary/aromatic N) is 2. The third kappa shape index (κ3) is 4.78. The second-order valence-electron chi connectivity index (χ2n) is 7.16. The van der Waals surface area contributed by atoms with E-state index in [-0.39, 0.29) is 5.56 Å². The van der Waals surface area contributed by atoms with Crippen molar-refractivity contribution in [1.82, 2.24) is 4.57 Å². The first-order valence-electron chi connectivity index (χ1n) is 9.37. The number of benzene rings is 1. The van der Waals surface area contributed by atoms with Crippen molar-refractivity contribution < 1.29 is 32.1 Å². The lowest BCUT2D eigenvalue weighted by molar-refractivity contribution is -0.387. The Kier molecular flexibility index (Phi) is 6.30. The highest BCUT2D eigenvalue weighted by Crippen LogP contribution is 2.25. The normalized spacial score (nSPS) is 11.3. The number of furan rings is 1. The Balaban J connectivity index is 1.75. The van der Waals surface area contributed by atoms with E-state index in [1.807, 2.05) is 17.6 Å². The molecule has 0 spiro atoms. The van der Waals surface area contributed by atoms with Crippen LogP contribution in [0.25, 0.3) is 0 Å². The van der Waals surface area contributed by atoms with Gasteiger partial charge in [-0.15, -0.1) is 0 Å². The van der Waals surface area contributed by atoms with Crippen LogP contribution < -0.4 is 0 Å². The summed E-state index contributed by atoms with van der Waals surface area (Å²) in [6.45, 7) is 3.46. The number of sulfone groups is 1. The van der Waals surface area contributed by atoms with E-state index in [1.165, 1.54) is 0 Å². The number of carbonyl (C=O) groups excluding carboxylic acids is 2. The van der Waals surface area contributed by atoms with Gasteiger partial charge in [0, 0.05) is 29.3 Å². The maximum Gasteiger partial charge on any atom is 0.338 e. The van der Waals surface area contributed by atoms with Gasteiger partial charge < -0.3 is 13.7 Å². The van der Waals surface area contributed by atoms with E-state index in [0.717, 1.165) is 35.9 Å². The summed E-state index contributed by atoms with van der Waals surface area (Å²) < 4.78 is 35.7. The zero-order valence-electron chi connectivity index (χ0n) is 17.5. The molecule has 0 N–H and O–H groups in total. The van der Waals surface area contributed by atoms with E-state index in [9.17, 15) is 28.1 Å². The minimum atomic E-state index is -3.87. The Morgan fingerprint density at radius 3 is 2.50 bits per heavy atom. The van der Waals surface area contributed by atoms with Crippen LogP contribution in [0.4, 0.5) is 5.69 Å². The van der Waals surface area contributed by atoms with Gasteiger partial charge in [0.05, 0.1) is 23.3 Å². The van der Waals surface area contributed by atoms with Crippen molar-refractivity contribution in [2.24, 2.45) is 0 Å². The quantitative estimate of drug-likeness (QED) is 0.216. The molecule has 1 aromatic carbocycles. The first-order valence-corrected chi connectivity index (χ1v) is 11.3. The fourth-order valence-electron chi connectivity index (χ4n) is 3.28. The predicted octanol–water partition coefficient (Wildman–Crippen LogP) is 3.10. The molecule has 2 heterocycles. The van der Waals surface area contributed by atoms with Crippen LogP contribution in [-0.4, -0.2) is 42.5 Å². The summed E-state index contributed by atoms with van der Waals surface area (Å²) in [6, 6.07) is 8.15. The van der Waals surface area contributed by atoms with Crippen LogP contribution in [0.1, 0.15) is 37.9 Å². The van der Waals surface area contributed by atoms with Crippen LogP contribution >= 0.6 is 0 Å². The van der Waals surface area contributed by atoms with Crippen molar-refractivity contribution in [2.45, 2.75) is 25.3 Å². The lowest BCUT2D eigenvalue weighted by Gasteiger charge is -2.08. The molecule has 0 aliphatic carbocycles. The number of carbonyl (C=O) groups is 2. The minimum absolute atomic E-state index is 0.236. The molecular weight excluding hydrogens is 440 g/mol. The number of ketones is 1. The van der Waals surface area contributed by atoms with Gasteiger partial charge >= 0.3 is 5.97 Å². The molecule has 168 valence electrons. The van der Waals surface area contributed by atoms with Crippen LogP contribution in [0.15, 0.2) is 52.0 Å². The summed E-state index contributed by atoms with van der Waals surface area (Å²) >= 11 is 0. The lowest BCUT2D eigenvalue weighted by Crippen LogP contribution is -2.15. The number of hydrogen-bond donors (Lipinski definition) is 0. The third-order valence-electron chi connectivity index (χ3n) is 4.89. The summed E-state index contributed by atoms with van der Waals surface area (Å²) in [5, 5.41) is 11.2. The average molecular weight is 460 g/mol. The second-order valence-corrected chi connectivity index (χ2v) is 9.15. The highest BCUT2D eigenvalue weighted by molar-refractivity contribution is 7.90. The number of aryl methyl sites for hydroxylation is 1. The second kappa shape index (κ2) is 8.79. The van der Waals surface area contributed by atoms with Crippen LogP contribution in [0.3, 0.4) is 0 Å². The molecule has 0 aliphatic rings. The zero-order valence-corrected chi connectivity index (χ0v) is 18.3. The summed E-state index contributed by atoms with van der Waals surface area (Å²) in [7, 11) is -3.87. The third-order valence-corrected chi connectivity index (χ3v) is 6.04. The van der Waals surface area contributed by atoms with E-state index in [2.05, 4.69) is 0 Å². The summed E-state index contributed by atoms with van der Waals surface area (Å²) in [4.78, 5) is 34.7. The zero-order chi connectivity index (χ0) is 23.6. The fourth-order valence-corrected chi connectivity index (χ4v) is 4.11. The van der Waals surface area contributed by atoms with Gasteiger partial charge in [0.2, 0.25) is 5.78 Å². The van der Waals surface area contributed by atoms with Crippen molar-refractivity contribution in [2.75, 3.05) is 12.9 Å². The highest BCUT2D eigenvalue weighted by atomic mass is 32.2. The SMILES string of the molecule is Cc1cc(C(=O)COC(=O)c2ccc(S(C)(=O)=O)c([N+](=O)[O-])c2)c(C)n1Cc1ccco1. The Morgan fingerprint density at radius 1 is 1.19 bits per heavy atom. The molecule has 11 heteroatoms. The van der Waals surface area contributed by atoms with E-state index < -0.39 is 43.7 Å². The van der Waals surface area contributed by atoms with Crippen molar-refractivity contribution in [3.05, 3.63) is 81.1 Å². The monoisotopic (exact) mass is 460 g/mol. The van der Waals surface area contributed by atoms with Gasteiger partial charge in [0.1, 0.15) is 10.7 Å². The Bertz CT molecular complexity index is 1300. The summed E-state index contributed by atoms with van der Waals surface area (Å²) in [6.07, 6.45) is 2.39. The first-order chi connectivity index (χ1) is 15.0. The van der Waals surface area contributed by atoms with Gasteiger partial charge in [-0.25, -0.2) is 13.2 Å². The smallest absolute Gasteiger partial charge is 0.338 e. The van der Waals surface area contributed by atoms with Crippen molar-refractivity contribution in [3.63, 3.8) is 0 Å². The molecule has 10 nitrogen and oxygen atoms in total. The molecule has 0 saturated carbocycles. The van der Waals surface area contributed by atoms with Crippen molar-refractivity contribution in [1.29, 1.82) is 0 Å². The minimum Gasteiger partial charge on any atom is -0.467 e. The Morgan fingerprint density at radius 2 is 1.91 bits per heavy atom. The van der Waals surface area contributed by atoms with Gasteiger partial charge in [0.25, 0.3) is 5.69 Å². The van der Waals surface area contributed by atoms with E-state index in [4.69, 9.17) is 9.15 Å². The predicted molar refractivity (Wildman–Crippen MR) is 113 cm³/mol. The molecule has 0 aliphatic heterocycles. The van der Waals surface area contributed by atoms with Gasteiger partial charge in [-0.05, 0) is 44.2 Å². The average Bonchev–Trinajstić information content (AvgIpc) is 3.34.